The Balaban J connectivity index is 3.32. The zero-order valence-corrected chi connectivity index (χ0v) is 7.57. The predicted octanol–water partition coefficient (Wildman–Crippen LogP) is 2.18. The zero-order chi connectivity index (χ0) is 10.0. The Hall–Kier alpha value is -0.925. The van der Waals surface area contributed by atoms with E-state index in [0.29, 0.717) is 12.7 Å². The third-order valence-corrected chi connectivity index (χ3v) is 2.06. The van der Waals surface area contributed by atoms with Crippen LogP contribution in [0.1, 0.15) is 17.6 Å². The van der Waals surface area contributed by atoms with Crippen molar-refractivity contribution in [3.63, 3.8) is 0 Å². The van der Waals surface area contributed by atoms with Gasteiger partial charge in [0.1, 0.15) is 5.82 Å². The van der Waals surface area contributed by atoms with E-state index in [1.54, 1.807) is 12.9 Å². The first-order valence-electron chi connectivity index (χ1n) is 4.14. The van der Waals surface area contributed by atoms with Gasteiger partial charge in [0, 0.05) is 5.56 Å². The molecule has 0 aliphatic heterocycles. The Morgan fingerprint density at radius 1 is 1.31 bits per heavy atom. The summed E-state index contributed by atoms with van der Waals surface area (Å²) in [6, 6.07) is 3.08. The van der Waals surface area contributed by atoms with Gasteiger partial charge < -0.3 is 0 Å². The molecule has 0 unspecified atom stereocenters. The predicted molar refractivity (Wildman–Crippen MR) is 48.7 cm³/mol. The van der Waals surface area contributed by atoms with Crippen molar-refractivity contribution in [2.24, 2.45) is 0 Å². The number of hydrogen-bond donors (Lipinski definition) is 0. The van der Waals surface area contributed by atoms with E-state index in [4.69, 9.17) is 0 Å². The normalized spacial score (nSPS) is 10.6. The second-order valence-corrected chi connectivity index (χ2v) is 2.92. The van der Waals surface area contributed by atoms with Crippen molar-refractivity contribution in [1.82, 2.24) is 0 Å². The molecule has 70 valence electrons. The topological polar surface area (TPSA) is 0 Å². The minimum absolute atomic E-state index is 0.271. The van der Waals surface area contributed by atoms with Crippen LogP contribution in [0.3, 0.4) is 0 Å². The van der Waals surface area contributed by atoms with Gasteiger partial charge in [0.2, 0.25) is 0 Å². The Morgan fingerprint density at radius 2 is 1.92 bits per heavy atom. The first kappa shape index (κ1) is 10.2. The highest BCUT2D eigenvalue weighted by Gasteiger charge is 2.18. The van der Waals surface area contributed by atoms with E-state index in [1.165, 1.54) is 13.0 Å². The summed E-state index contributed by atoms with van der Waals surface area (Å²) in [6.45, 7) is 3.22. The first-order valence-corrected chi connectivity index (χ1v) is 4.14. The lowest BCUT2D eigenvalue weighted by atomic mass is 9.70. The minimum atomic E-state index is -2.73. The molecule has 0 nitrogen and oxygen atoms in total. The average molecular weight is 186 g/mol. The molecule has 1 aromatic rings. The summed E-state index contributed by atoms with van der Waals surface area (Å²) in [5, 5.41) is 0. The Morgan fingerprint density at radius 3 is 2.38 bits per heavy atom. The molecule has 1 aromatic carbocycles. The van der Waals surface area contributed by atoms with Crippen LogP contribution in [0.15, 0.2) is 12.1 Å². The Kier molecular flexibility index (Phi) is 3.01. The van der Waals surface area contributed by atoms with Crippen molar-refractivity contribution < 1.29 is 13.2 Å². The third kappa shape index (κ3) is 1.87. The van der Waals surface area contributed by atoms with Crippen LogP contribution >= 0.6 is 0 Å². The monoisotopic (exact) mass is 186 g/mol. The first-order chi connectivity index (χ1) is 6.07. The van der Waals surface area contributed by atoms with E-state index in [-0.39, 0.29) is 5.56 Å². The molecule has 0 aliphatic rings. The molecule has 0 aliphatic carbocycles. The van der Waals surface area contributed by atoms with Crippen LogP contribution < -0.4 is 5.46 Å². The van der Waals surface area contributed by atoms with Gasteiger partial charge >= 0.3 is 0 Å². The lowest BCUT2D eigenvalue weighted by Gasteiger charge is -2.09. The fourth-order valence-corrected chi connectivity index (χ4v) is 1.29. The number of hydrogen-bond acceptors (Lipinski definition) is 0. The van der Waals surface area contributed by atoms with Gasteiger partial charge in [0.25, 0.3) is 6.43 Å². The van der Waals surface area contributed by atoms with Gasteiger partial charge in [0.15, 0.2) is 7.28 Å². The van der Waals surface area contributed by atoms with E-state index in [0.717, 1.165) is 0 Å². The van der Waals surface area contributed by atoms with E-state index in [9.17, 15) is 13.2 Å². The molecule has 0 atom stereocenters. The molecule has 0 saturated heterocycles. The Bertz CT molecular complexity index is 310. The average Bonchev–Trinajstić information content (AvgIpc) is 2.08. The SMILES string of the molecule is CBc1ccc(C)c(F)c1C(F)F. The van der Waals surface area contributed by atoms with Crippen molar-refractivity contribution in [3.05, 3.63) is 29.1 Å². The lowest BCUT2D eigenvalue weighted by molar-refractivity contribution is 0.147. The molecule has 0 amide bonds. The van der Waals surface area contributed by atoms with Crippen LogP contribution in [0.4, 0.5) is 13.2 Å². The van der Waals surface area contributed by atoms with Gasteiger partial charge in [-0.2, -0.15) is 0 Å². The second-order valence-electron chi connectivity index (χ2n) is 2.92. The standard InChI is InChI=1S/C9H10BF3/c1-5-3-4-6(10-2)7(8(5)11)9(12)13/h3-4,9-10H,1-2H3. The van der Waals surface area contributed by atoms with Gasteiger partial charge in [-0.1, -0.05) is 24.4 Å². The van der Waals surface area contributed by atoms with Gasteiger partial charge in [-0.05, 0) is 12.5 Å². The van der Waals surface area contributed by atoms with Crippen LogP contribution in [-0.2, 0) is 0 Å². The van der Waals surface area contributed by atoms with Crippen LogP contribution in [0.25, 0.3) is 0 Å². The van der Waals surface area contributed by atoms with Crippen LogP contribution in [0, 0.1) is 12.7 Å². The molecule has 0 spiro atoms. The molecule has 0 bridgehead atoms. The summed E-state index contributed by atoms with van der Waals surface area (Å²) in [6.07, 6.45) is -2.73. The zero-order valence-electron chi connectivity index (χ0n) is 7.57. The smallest absolute Gasteiger partial charge is 0.206 e. The van der Waals surface area contributed by atoms with E-state index >= 15 is 0 Å². The number of halogens is 3. The molecule has 0 saturated carbocycles. The Labute approximate surface area is 76.0 Å². The molecular weight excluding hydrogens is 176 g/mol. The van der Waals surface area contributed by atoms with Crippen LogP contribution in [0.2, 0.25) is 6.82 Å². The quantitative estimate of drug-likeness (QED) is 0.621. The highest BCUT2D eigenvalue weighted by molar-refractivity contribution is 6.52. The number of rotatable bonds is 2. The lowest BCUT2D eigenvalue weighted by Crippen LogP contribution is -2.19. The summed E-state index contributed by atoms with van der Waals surface area (Å²) >= 11 is 0. The van der Waals surface area contributed by atoms with Crippen molar-refractivity contribution in [3.8, 4) is 0 Å². The highest BCUT2D eigenvalue weighted by atomic mass is 19.3. The van der Waals surface area contributed by atoms with Gasteiger partial charge in [-0.25, -0.2) is 13.2 Å². The molecule has 13 heavy (non-hydrogen) atoms. The maximum atomic E-state index is 13.2. The maximum absolute atomic E-state index is 13.2. The minimum Gasteiger partial charge on any atom is -0.206 e. The molecular formula is C9H10BF3. The maximum Gasteiger partial charge on any atom is 0.266 e. The van der Waals surface area contributed by atoms with Crippen molar-refractivity contribution in [2.75, 3.05) is 0 Å². The number of benzene rings is 1. The molecule has 0 fully saturated rings. The van der Waals surface area contributed by atoms with Gasteiger partial charge in [-0.3, -0.25) is 0 Å². The van der Waals surface area contributed by atoms with Crippen molar-refractivity contribution >= 4 is 12.7 Å². The number of alkyl halides is 2. The van der Waals surface area contributed by atoms with E-state index in [2.05, 4.69) is 0 Å². The molecule has 1 rings (SSSR count). The van der Waals surface area contributed by atoms with E-state index in [1.807, 2.05) is 0 Å². The van der Waals surface area contributed by atoms with Crippen molar-refractivity contribution in [1.29, 1.82) is 0 Å². The highest BCUT2D eigenvalue weighted by Crippen LogP contribution is 2.21. The molecule has 0 radical (unpaired) electrons. The molecule has 0 aromatic heterocycles. The number of aryl methyl sites for hydroxylation is 1. The summed E-state index contributed by atoms with van der Waals surface area (Å²) in [5.74, 6) is -0.769. The van der Waals surface area contributed by atoms with Gasteiger partial charge in [-0.15, -0.1) is 0 Å². The summed E-state index contributed by atoms with van der Waals surface area (Å²) < 4.78 is 38.1. The second kappa shape index (κ2) is 3.86. The summed E-state index contributed by atoms with van der Waals surface area (Å²) in [4.78, 5) is 0. The molecule has 0 heterocycles. The van der Waals surface area contributed by atoms with Gasteiger partial charge in [0.05, 0.1) is 0 Å². The van der Waals surface area contributed by atoms with Crippen LogP contribution in [0.5, 0.6) is 0 Å². The van der Waals surface area contributed by atoms with Crippen LogP contribution in [-0.4, -0.2) is 7.28 Å². The molecule has 0 N–H and O–H groups in total. The summed E-state index contributed by atoms with van der Waals surface area (Å²) in [7, 11) is 0.427. The largest absolute Gasteiger partial charge is 0.266 e. The van der Waals surface area contributed by atoms with E-state index < -0.39 is 17.8 Å². The third-order valence-electron chi connectivity index (χ3n) is 2.06. The van der Waals surface area contributed by atoms with Crippen molar-refractivity contribution in [2.45, 2.75) is 20.2 Å². The molecule has 4 heteroatoms. The summed E-state index contributed by atoms with van der Waals surface area (Å²) in [5.41, 5.74) is 0.216. The fourth-order valence-electron chi connectivity index (χ4n) is 1.29. The fraction of sp³-hybridized carbons (Fsp3) is 0.333.